The molecule has 0 unspecified atom stereocenters. The van der Waals surface area contributed by atoms with Crippen molar-refractivity contribution in [1.29, 1.82) is 0 Å². The third-order valence-electron chi connectivity index (χ3n) is 0.404. The van der Waals surface area contributed by atoms with Gasteiger partial charge in [-0.25, -0.2) is 0 Å². The van der Waals surface area contributed by atoms with E-state index in [0.717, 1.165) is 4.99 Å². The average molecular weight is 121 g/mol. The first kappa shape index (κ1) is 4.36. The van der Waals surface area contributed by atoms with Gasteiger partial charge in [-0.05, 0) is 0 Å². The first-order valence-corrected chi connectivity index (χ1v) is 2.62. The van der Waals surface area contributed by atoms with Gasteiger partial charge in [0.2, 0.25) is 0 Å². The van der Waals surface area contributed by atoms with Crippen molar-refractivity contribution in [3.8, 4) is 0 Å². The molecule has 2 nitrogen and oxygen atoms in total. The van der Waals surface area contributed by atoms with E-state index in [1.54, 1.807) is 0 Å². The lowest BCUT2D eigenvalue weighted by Crippen LogP contribution is -2.05. The largest absolute Gasteiger partial charge is 0.299 e. The van der Waals surface area contributed by atoms with Gasteiger partial charge in [0.05, 0.1) is 0 Å². The number of hydrogen-bond acceptors (Lipinski definition) is 3. The van der Waals surface area contributed by atoms with Crippen LogP contribution in [-0.4, -0.2) is 11.6 Å². The van der Waals surface area contributed by atoms with Gasteiger partial charge in [-0.3, -0.25) is 8.91 Å². The first-order chi connectivity index (χ1) is 2.89. The molecule has 1 aliphatic heterocycles. The van der Waals surface area contributed by atoms with Crippen molar-refractivity contribution in [2.75, 3.05) is 6.61 Å². The van der Waals surface area contributed by atoms with Gasteiger partial charge >= 0.3 is 0 Å². The fourth-order valence-electron chi connectivity index (χ4n) is 0.188. The monoisotopic (exact) mass is 121 g/mol. The molecule has 0 saturated carbocycles. The highest BCUT2D eigenvalue weighted by atomic mass is 32.2. The number of thiocarbonyl (C=S) groups is 1. The van der Waals surface area contributed by atoms with Crippen molar-refractivity contribution in [3.63, 3.8) is 0 Å². The van der Waals surface area contributed by atoms with Gasteiger partial charge in [0, 0.05) is 0 Å². The lowest BCUT2D eigenvalue weighted by molar-refractivity contribution is 0.461. The zero-order chi connectivity index (χ0) is 4.41. The van der Waals surface area contributed by atoms with Crippen LogP contribution in [0.4, 0.5) is 0 Å². The van der Waals surface area contributed by atoms with E-state index in [4.69, 9.17) is 4.18 Å². The maximum absolute atomic E-state index is 4.72. The van der Waals surface area contributed by atoms with Crippen LogP contribution in [0.1, 0.15) is 0 Å². The van der Waals surface area contributed by atoms with Crippen molar-refractivity contribution in [3.05, 3.63) is 0 Å². The molecule has 0 radical (unpaired) electrons. The predicted octanol–water partition coefficient (Wildman–Crippen LogP) is 0.497. The quantitative estimate of drug-likeness (QED) is 0.286. The van der Waals surface area contributed by atoms with Gasteiger partial charge in [0.25, 0.3) is 0 Å². The number of nitrogens with one attached hydrogen (secondary N) is 1. The molecule has 1 fully saturated rings. The maximum Gasteiger partial charge on any atom is 0.114 e. The topological polar surface area (TPSA) is 21.3 Å². The number of hydrogen-bond donors (Lipinski definition) is 1. The standard InChI is InChI=1S/C2H3NOS2/c5-2-1-4-6-3-2/h1H2,(H,3,5). The Morgan fingerprint density at radius 1 is 2.00 bits per heavy atom. The van der Waals surface area contributed by atoms with E-state index < -0.39 is 0 Å². The van der Waals surface area contributed by atoms with Crippen LogP contribution in [0.15, 0.2) is 0 Å². The second-order valence-corrected chi connectivity index (χ2v) is 1.97. The van der Waals surface area contributed by atoms with E-state index in [9.17, 15) is 0 Å². The van der Waals surface area contributed by atoms with Crippen molar-refractivity contribution < 1.29 is 4.18 Å². The van der Waals surface area contributed by atoms with Gasteiger partial charge in [-0.1, -0.05) is 12.2 Å². The lowest BCUT2D eigenvalue weighted by Gasteiger charge is -1.77. The van der Waals surface area contributed by atoms with E-state index in [0.29, 0.717) is 6.61 Å². The summed E-state index contributed by atoms with van der Waals surface area (Å²) in [5, 5.41) is 0. The molecule has 1 rings (SSSR count). The molecule has 1 N–H and O–H groups in total. The molecule has 1 heterocycles. The summed E-state index contributed by atoms with van der Waals surface area (Å²) in [6, 6.07) is 0. The van der Waals surface area contributed by atoms with Gasteiger partial charge in [-0.2, -0.15) is 0 Å². The molecular formula is C2H3NOS2. The second kappa shape index (κ2) is 1.77. The van der Waals surface area contributed by atoms with E-state index in [1.807, 2.05) is 0 Å². The van der Waals surface area contributed by atoms with E-state index in [2.05, 4.69) is 16.9 Å². The fraction of sp³-hybridized carbons (Fsp3) is 0.500. The summed E-state index contributed by atoms with van der Waals surface area (Å²) >= 11 is 5.85. The van der Waals surface area contributed by atoms with Gasteiger partial charge in [0.1, 0.15) is 23.8 Å². The summed E-state index contributed by atoms with van der Waals surface area (Å²) < 4.78 is 7.47. The van der Waals surface area contributed by atoms with Crippen LogP contribution >= 0.6 is 24.4 Å². The number of rotatable bonds is 0. The molecule has 4 heteroatoms. The molecule has 0 aromatic rings. The fourth-order valence-corrected chi connectivity index (χ4v) is 0.812. The summed E-state index contributed by atoms with van der Waals surface area (Å²) in [7, 11) is 0. The molecule has 6 heavy (non-hydrogen) atoms. The van der Waals surface area contributed by atoms with Crippen LogP contribution in [0.5, 0.6) is 0 Å². The average Bonchev–Trinajstić information content (AvgIpc) is 1.86. The summed E-state index contributed by atoms with van der Waals surface area (Å²) in [6.45, 7) is 0.569. The molecule has 0 bridgehead atoms. The molecule has 0 aromatic carbocycles. The third kappa shape index (κ3) is 0.830. The minimum Gasteiger partial charge on any atom is -0.299 e. The zero-order valence-corrected chi connectivity index (χ0v) is 4.56. The summed E-state index contributed by atoms with van der Waals surface area (Å²) in [4.78, 5) is 0.778. The Labute approximate surface area is 45.6 Å². The van der Waals surface area contributed by atoms with Gasteiger partial charge in [0.15, 0.2) is 0 Å². The Morgan fingerprint density at radius 3 is 3.00 bits per heavy atom. The highest BCUT2D eigenvalue weighted by Gasteiger charge is 2.03. The van der Waals surface area contributed by atoms with Gasteiger partial charge in [-0.15, -0.1) is 0 Å². The third-order valence-corrected chi connectivity index (χ3v) is 1.32. The Hall–Kier alpha value is 0.200. The molecule has 0 amide bonds. The zero-order valence-electron chi connectivity index (χ0n) is 2.93. The minimum atomic E-state index is 0.569. The predicted molar refractivity (Wildman–Crippen MR) is 29.3 cm³/mol. The highest BCUT2D eigenvalue weighted by Crippen LogP contribution is 2.03. The van der Waals surface area contributed by atoms with Crippen molar-refractivity contribution in [2.24, 2.45) is 0 Å². The Bertz CT molecular complexity index is 65.9. The van der Waals surface area contributed by atoms with E-state index in [1.165, 1.54) is 12.2 Å². The summed E-state index contributed by atoms with van der Waals surface area (Å²) in [5.74, 6) is 0. The van der Waals surface area contributed by atoms with Crippen molar-refractivity contribution in [2.45, 2.75) is 0 Å². The molecular weight excluding hydrogens is 118 g/mol. The SMILES string of the molecule is S=C1COSN1. The Balaban J connectivity index is 2.37. The van der Waals surface area contributed by atoms with E-state index >= 15 is 0 Å². The minimum absolute atomic E-state index is 0.569. The smallest absolute Gasteiger partial charge is 0.114 e. The van der Waals surface area contributed by atoms with Crippen LogP contribution in [0, 0.1) is 0 Å². The molecule has 1 saturated heterocycles. The van der Waals surface area contributed by atoms with Gasteiger partial charge < -0.3 is 0 Å². The Morgan fingerprint density at radius 2 is 2.83 bits per heavy atom. The normalized spacial score (nSPS) is 21.0. The van der Waals surface area contributed by atoms with Crippen LogP contribution in [0.3, 0.4) is 0 Å². The molecule has 0 aliphatic carbocycles. The Kier molecular flexibility index (Phi) is 1.29. The maximum atomic E-state index is 4.72. The first-order valence-electron chi connectivity index (χ1n) is 1.47. The molecule has 34 valence electrons. The molecule has 0 aromatic heterocycles. The molecule has 1 aliphatic rings. The second-order valence-electron chi connectivity index (χ2n) is 0.871. The lowest BCUT2D eigenvalue weighted by atomic mass is 10.7. The summed E-state index contributed by atoms with van der Waals surface area (Å²) in [5.41, 5.74) is 0. The van der Waals surface area contributed by atoms with E-state index in [-0.39, 0.29) is 0 Å². The van der Waals surface area contributed by atoms with Crippen LogP contribution < -0.4 is 4.72 Å². The van der Waals surface area contributed by atoms with Crippen molar-refractivity contribution >= 4 is 29.4 Å². The highest BCUT2D eigenvalue weighted by molar-refractivity contribution is 7.95. The van der Waals surface area contributed by atoms with Crippen molar-refractivity contribution in [1.82, 2.24) is 4.72 Å². The molecule has 0 atom stereocenters. The van der Waals surface area contributed by atoms with Crippen LogP contribution in [0.2, 0.25) is 0 Å². The van der Waals surface area contributed by atoms with Crippen LogP contribution in [-0.2, 0) is 4.18 Å². The summed E-state index contributed by atoms with van der Waals surface area (Å²) in [6.07, 6.45) is 0. The van der Waals surface area contributed by atoms with Crippen LogP contribution in [0.25, 0.3) is 0 Å². The molecule has 0 spiro atoms.